The summed E-state index contributed by atoms with van der Waals surface area (Å²) in [6.45, 7) is 1.92. The zero-order valence-corrected chi connectivity index (χ0v) is 12.6. The van der Waals surface area contributed by atoms with Crippen LogP contribution in [0.1, 0.15) is 32.6 Å². The van der Waals surface area contributed by atoms with Crippen LogP contribution in [0.25, 0.3) is 0 Å². The molecule has 1 saturated carbocycles. The summed E-state index contributed by atoms with van der Waals surface area (Å²) in [5.41, 5.74) is 6.23. The number of benzene rings is 1. The van der Waals surface area contributed by atoms with E-state index in [9.17, 15) is 4.79 Å². The van der Waals surface area contributed by atoms with Gasteiger partial charge < -0.3 is 11.1 Å². The van der Waals surface area contributed by atoms with E-state index in [0.29, 0.717) is 16.8 Å². The molecule has 104 valence electrons. The van der Waals surface area contributed by atoms with Gasteiger partial charge in [0.1, 0.15) is 0 Å². The summed E-state index contributed by atoms with van der Waals surface area (Å²) >= 11 is 7.48. The van der Waals surface area contributed by atoms with Crippen molar-refractivity contribution in [1.82, 2.24) is 5.32 Å². The van der Waals surface area contributed by atoms with Crippen LogP contribution in [0.5, 0.6) is 0 Å². The average Bonchev–Trinajstić information content (AvgIpc) is 2.86. The Bertz CT molecular complexity index is 461. The van der Waals surface area contributed by atoms with E-state index >= 15 is 0 Å². The van der Waals surface area contributed by atoms with Gasteiger partial charge in [-0.05, 0) is 38.0 Å². The molecule has 0 heterocycles. The molecule has 0 spiro atoms. The molecule has 19 heavy (non-hydrogen) atoms. The lowest BCUT2D eigenvalue weighted by Gasteiger charge is -2.16. The Balaban J connectivity index is 1.90. The predicted molar refractivity (Wildman–Crippen MR) is 81.6 cm³/mol. The van der Waals surface area contributed by atoms with Gasteiger partial charge in [-0.2, -0.15) is 0 Å². The molecule has 2 rings (SSSR count). The number of nitrogen functional groups attached to an aromatic ring is 1. The number of hydrogen-bond donors (Lipinski definition) is 2. The first-order valence-corrected chi connectivity index (χ1v) is 7.84. The highest BCUT2D eigenvalue weighted by atomic mass is 35.5. The first-order valence-electron chi connectivity index (χ1n) is 6.58. The Labute approximate surface area is 123 Å². The van der Waals surface area contributed by atoms with Crippen LogP contribution in [0.3, 0.4) is 0 Å². The molecule has 3 N–H and O–H groups in total. The molecule has 0 saturated heterocycles. The molecule has 0 radical (unpaired) electrons. The molecule has 0 aromatic heterocycles. The summed E-state index contributed by atoms with van der Waals surface area (Å²) in [6.07, 6.45) is 4.66. The number of amides is 1. The number of hydrogen-bond acceptors (Lipinski definition) is 3. The summed E-state index contributed by atoms with van der Waals surface area (Å²) in [5.74, 6) is 0.102. The van der Waals surface area contributed by atoms with Gasteiger partial charge in [0.25, 0.3) is 0 Å². The summed E-state index contributed by atoms with van der Waals surface area (Å²) in [7, 11) is 0. The third-order valence-corrected chi connectivity index (χ3v) is 4.78. The first kappa shape index (κ1) is 14.5. The van der Waals surface area contributed by atoms with Crippen molar-refractivity contribution in [3.8, 4) is 0 Å². The number of carbonyl (C=O) groups excluding carboxylic acids is 1. The van der Waals surface area contributed by atoms with Gasteiger partial charge in [0, 0.05) is 10.9 Å². The molecular weight excluding hydrogens is 280 g/mol. The lowest BCUT2D eigenvalue weighted by molar-refractivity contribution is -0.120. The van der Waals surface area contributed by atoms with Gasteiger partial charge >= 0.3 is 0 Å². The topological polar surface area (TPSA) is 55.1 Å². The lowest BCUT2D eigenvalue weighted by atomic mass is 10.2. The fraction of sp³-hybridized carbons (Fsp3) is 0.500. The molecule has 0 aliphatic heterocycles. The van der Waals surface area contributed by atoms with Crippen molar-refractivity contribution in [2.24, 2.45) is 0 Å². The van der Waals surface area contributed by atoms with Crippen molar-refractivity contribution >= 4 is 35.0 Å². The van der Waals surface area contributed by atoms with E-state index in [2.05, 4.69) is 5.32 Å². The molecule has 1 atom stereocenters. The van der Waals surface area contributed by atoms with Crippen LogP contribution in [-0.2, 0) is 4.79 Å². The van der Waals surface area contributed by atoms with E-state index in [1.165, 1.54) is 24.6 Å². The van der Waals surface area contributed by atoms with Crippen LogP contribution >= 0.6 is 23.4 Å². The monoisotopic (exact) mass is 298 g/mol. The van der Waals surface area contributed by atoms with Crippen molar-refractivity contribution in [2.45, 2.75) is 48.8 Å². The maximum absolute atomic E-state index is 12.1. The molecule has 5 heteroatoms. The van der Waals surface area contributed by atoms with E-state index in [0.717, 1.165) is 17.7 Å². The number of halogens is 1. The van der Waals surface area contributed by atoms with Gasteiger partial charge in [0.05, 0.1) is 16.0 Å². The Morgan fingerprint density at radius 2 is 2.16 bits per heavy atom. The fourth-order valence-corrected chi connectivity index (χ4v) is 3.39. The van der Waals surface area contributed by atoms with Gasteiger partial charge in [-0.15, -0.1) is 11.8 Å². The van der Waals surface area contributed by atoms with Gasteiger partial charge in [-0.25, -0.2) is 0 Å². The number of rotatable bonds is 4. The van der Waals surface area contributed by atoms with Crippen molar-refractivity contribution in [3.63, 3.8) is 0 Å². The third kappa shape index (κ3) is 4.05. The van der Waals surface area contributed by atoms with Crippen LogP contribution in [-0.4, -0.2) is 17.2 Å². The van der Waals surface area contributed by atoms with Crippen LogP contribution in [0, 0.1) is 0 Å². The molecule has 1 unspecified atom stereocenters. The summed E-state index contributed by atoms with van der Waals surface area (Å²) in [5, 5.41) is 3.52. The van der Waals surface area contributed by atoms with E-state index in [1.54, 1.807) is 12.1 Å². The van der Waals surface area contributed by atoms with Crippen LogP contribution < -0.4 is 11.1 Å². The lowest BCUT2D eigenvalue weighted by Crippen LogP contribution is -2.37. The van der Waals surface area contributed by atoms with Crippen LogP contribution in [0.4, 0.5) is 5.69 Å². The SMILES string of the molecule is CC(Sc1ccc(N)c(Cl)c1)C(=O)NC1CCCC1. The summed E-state index contributed by atoms with van der Waals surface area (Å²) in [4.78, 5) is 13.0. The van der Waals surface area contributed by atoms with Crippen molar-refractivity contribution in [2.75, 3.05) is 5.73 Å². The first-order chi connectivity index (χ1) is 9.06. The third-order valence-electron chi connectivity index (χ3n) is 3.36. The van der Waals surface area contributed by atoms with Gasteiger partial charge in [0.15, 0.2) is 0 Å². The second kappa shape index (κ2) is 6.53. The number of anilines is 1. The molecule has 1 fully saturated rings. The fourth-order valence-electron chi connectivity index (χ4n) is 2.23. The zero-order valence-electron chi connectivity index (χ0n) is 11.0. The second-order valence-electron chi connectivity index (χ2n) is 4.93. The van der Waals surface area contributed by atoms with Crippen molar-refractivity contribution in [1.29, 1.82) is 0 Å². The quantitative estimate of drug-likeness (QED) is 0.661. The molecule has 1 aromatic carbocycles. The van der Waals surface area contributed by atoms with E-state index < -0.39 is 0 Å². The minimum atomic E-state index is -0.125. The number of nitrogens with one attached hydrogen (secondary N) is 1. The summed E-state index contributed by atoms with van der Waals surface area (Å²) in [6, 6.07) is 5.84. The molecule has 3 nitrogen and oxygen atoms in total. The Morgan fingerprint density at radius 1 is 1.47 bits per heavy atom. The number of nitrogens with two attached hydrogens (primary N) is 1. The Hall–Kier alpha value is -0.870. The van der Waals surface area contributed by atoms with Crippen molar-refractivity contribution < 1.29 is 4.79 Å². The summed E-state index contributed by atoms with van der Waals surface area (Å²) < 4.78 is 0. The normalized spacial score (nSPS) is 17.4. The molecule has 1 amide bonds. The van der Waals surface area contributed by atoms with E-state index in [-0.39, 0.29) is 11.2 Å². The zero-order chi connectivity index (χ0) is 13.8. The maximum Gasteiger partial charge on any atom is 0.233 e. The number of carbonyl (C=O) groups is 1. The highest BCUT2D eigenvalue weighted by Crippen LogP contribution is 2.29. The van der Waals surface area contributed by atoms with Gasteiger partial charge in [-0.3, -0.25) is 4.79 Å². The minimum absolute atomic E-state index is 0.102. The Morgan fingerprint density at radius 3 is 2.79 bits per heavy atom. The van der Waals surface area contributed by atoms with E-state index in [4.69, 9.17) is 17.3 Å². The van der Waals surface area contributed by atoms with E-state index in [1.807, 2.05) is 13.0 Å². The number of thioether (sulfide) groups is 1. The highest BCUT2D eigenvalue weighted by molar-refractivity contribution is 8.00. The molecule has 1 aromatic rings. The predicted octanol–water partition coefficient (Wildman–Crippen LogP) is 3.46. The second-order valence-corrected chi connectivity index (χ2v) is 6.75. The Kier molecular flexibility index (Phi) is 4.99. The minimum Gasteiger partial charge on any atom is -0.398 e. The molecular formula is C14H19ClN2OS. The molecule has 1 aliphatic rings. The average molecular weight is 299 g/mol. The standard InChI is InChI=1S/C14H19ClN2OS/c1-9(14(18)17-10-4-2-3-5-10)19-11-6-7-13(16)12(15)8-11/h6-10H,2-5,16H2,1H3,(H,17,18). The largest absolute Gasteiger partial charge is 0.398 e. The van der Waals surface area contributed by atoms with Crippen LogP contribution in [0.15, 0.2) is 23.1 Å². The van der Waals surface area contributed by atoms with Gasteiger partial charge in [-0.1, -0.05) is 24.4 Å². The maximum atomic E-state index is 12.1. The van der Waals surface area contributed by atoms with Crippen molar-refractivity contribution in [3.05, 3.63) is 23.2 Å². The van der Waals surface area contributed by atoms with Gasteiger partial charge in [0.2, 0.25) is 5.91 Å². The molecule has 1 aliphatic carbocycles. The molecule has 0 bridgehead atoms. The smallest absolute Gasteiger partial charge is 0.233 e. The highest BCUT2D eigenvalue weighted by Gasteiger charge is 2.21. The van der Waals surface area contributed by atoms with Crippen LogP contribution in [0.2, 0.25) is 5.02 Å².